The third kappa shape index (κ3) is 3.98. The quantitative estimate of drug-likeness (QED) is 0.847. The van der Waals surface area contributed by atoms with Gasteiger partial charge < -0.3 is 5.32 Å². The van der Waals surface area contributed by atoms with Crippen LogP contribution < -0.4 is 10.0 Å². The Morgan fingerprint density at radius 2 is 1.86 bits per heavy atom. The zero-order valence-electron chi connectivity index (χ0n) is 12.9. The lowest BCUT2D eigenvalue weighted by Gasteiger charge is -2.32. The molecule has 5 heteroatoms. The molecule has 1 aromatic rings. The van der Waals surface area contributed by atoms with Gasteiger partial charge in [0.25, 0.3) is 0 Å². The van der Waals surface area contributed by atoms with Gasteiger partial charge in [-0.3, -0.25) is 0 Å². The molecule has 1 fully saturated rings. The Morgan fingerprint density at radius 3 is 2.57 bits per heavy atom. The van der Waals surface area contributed by atoms with Crippen molar-refractivity contribution >= 4 is 15.7 Å². The summed E-state index contributed by atoms with van der Waals surface area (Å²) in [6.45, 7) is 4.41. The number of hydrogen-bond donors (Lipinski definition) is 2. The molecule has 118 valence electrons. The van der Waals surface area contributed by atoms with E-state index >= 15 is 0 Å². The van der Waals surface area contributed by atoms with Crippen LogP contribution in [0.4, 0.5) is 5.69 Å². The van der Waals surface area contributed by atoms with Crippen LogP contribution in [0.2, 0.25) is 0 Å². The van der Waals surface area contributed by atoms with Gasteiger partial charge in [0.1, 0.15) is 4.90 Å². The summed E-state index contributed by atoms with van der Waals surface area (Å²) in [7, 11) is -3.43. The molecule has 21 heavy (non-hydrogen) atoms. The molecule has 0 aliphatic heterocycles. The fourth-order valence-corrected chi connectivity index (χ4v) is 4.38. The Balaban J connectivity index is 2.24. The van der Waals surface area contributed by atoms with Crippen LogP contribution in [-0.2, 0) is 10.0 Å². The van der Waals surface area contributed by atoms with Crippen molar-refractivity contribution in [1.82, 2.24) is 4.72 Å². The monoisotopic (exact) mass is 310 g/mol. The molecule has 1 aliphatic rings. The fourth-order valence-electron chi connectivity index (χ4n) is 3.17. The maximum atomic E-state index is 12.3. The molecule has 2 unspecified atom stereocenters. The Morgan fingerprint density at radius 1 is 1.14 bits per heavy atom. The topological polar surface area (TPSA) is 58.2 Å². The average molecular weight is 310 g/mol. The maximum Gasteiger partial charge on any atom is 0.242 e. The Labute approximate surface area is 128 Å². The summed E-state index contributed by atoms with van der Waals surface area (Å²) in [6.07, 6.45) is 5.99. The lowest BCUT2D eigenvalue weighted by molar-refractivity contribution is 0.317. The van der Waals surface area contributed by atoms with Crippen LogP contribution in [-0.4, -0.2) is 21.0 Å². The van der Waals surface area contributed by atoms with Gasteiger partial charge in [-0.1, -0.05) is 45.2 Å². The zero-order chi connectivity index (χ0) is 15.3. The van der Waals surface area contributed by atoms with Crippen molar-refractivity contribution in [3.8, 4) is 0 Å². The number of rotatable bonds is 6. The summed E-state index contributed by atoms with van der Waals surface area (Å²) in [4.78, 5) is 0.354. The summed E-state index contributed by atoms with van der Waals surface area (Å²) >= 11 is 0. The van der Waals surface area contributed by atoms with E-state index < -0.39 is 10.0 Å². The van der Waals surface area contributed by atoms with E-state index in [0.29, 0.717) is 23.4 Å². The number of anilines is 1. The maximum absolute atomic E-state index is 12.3. The van der Waals surface area contributed by atoms with Gasteiger partial charge in [0.05, 0.1) is 5.69 Å². The molecule has 0 saturated heterocycles. The number of sulfonamides is 1. The van der Waals surface area contributed by atoms with E-state index in [1.165, 1.54) is 19.3 Å². The van der Waals surface area contributed by atoms with Gasteiger partial charge in [-0.25, -0.2) is 13.1 Å². The number of para-hydroxylation sites is 1. The van der Waals surface area contributed by atoms with Gasteiger partial charge in [-0.05, 0) is 30.9 Å². The van der Waals surface area contributed by atoms with Gasteiger partial charge in [-0.2, -0.15) is 0 Å². The minimum absolute atomic E-state index is 0.354. The smallest absolute Gasteiger partial charge is 0.242 e. The second-order valence-corrected chi connectivity index (χ2v) is 7.44. The lowest BCUT2D eigenvalue weighted by atomic mass is 9.83. The molecule has 2 rings (SSSR count). The van der Waals surface area contributed by atoms with Crippen LogP contribution in [0, 0.1) is 5.92 Å². The minimum Gasteiger partial charge on any atom is -0.381 e. The molecule has 1 aliphatic carbocycles. The van der Waals surface area contributed by atoms with E-state index in [9.17, 15) is 8.42 Å². The van der Waals surface area contributed by atoms with Crippen LogP contribution in [0.3, 0.4) is 0 Å². The summed E-state index contributed by atoms with van der Waals surface area (Å²) in [6, 6.07) is 7.57. The summed E-state index contributed by atoms with van der Waals surface area (Å²) in [5.74, 6) is 0.633. The molecule has 0 radical (unpaired) electrons. The van der Waals surface area contributed by atoms with Gasteiger partial charge >= 0.3 is 0 Å². The second kappa shape index (κ2) is 7.27. The molecule has 0 amide bonds. The summed E-state index contributed by atoms with van der Waals surface area (Å²) in [5, 5.41) is 3.50. The van der Waals surface area contributed by atoms with Crippen molar-refractivity contribution in [1.29, 1.82) is 0 Å². The van der Waals surface area contributed by atoms with Gasteiger partial charge in [0.2, 0.25) is 10.0 Å². The summed E-state index contributed by atoms with van der Waals surface area (Å²) < 4.78 is 27.2. The molecular weight excluding hydrogens is 284 g/mol. The van der Waals surface area contributed by atoms with E-state index in [1.807, 2.05) is 12.1 Å². The van der Waals surface area contributed by atoms with E-state index in [2.05, 4.69) is 17.0 Å². The van der Waals surface area contributed by atoms with E-state index in [4.69, 9.17) is 0 Å². The van der Waals surface area contributed by atoms with Crippen molar-refractivity contribution in [2.75, 3.05) is 11.9 Å². The Bertz CT molecular complexity index is 557. The molecule has 0 spiro atoms. The molecule has 0 aromatic heterocycles. The van der Waals surface area contributed by atoms with Crippen molar-refractivity contribution in [2.24, 2.45) is 5.92 Å². The van der Waals surface area contributed by atoms with Gasteiger partial charge in [0.15, 0.2) is 0 Å². The van der Waals surface area contributed by atoms with Crippen molar-refractivity contribution in [3.63, 3.8) is 0 Å². The average Bonchev–Trinajstić information content (AvgIpc) is 2.48. The first kappa shape index (κ1) is 16.3. The van der Waals surface area contributed by atoms with Crippen LogP contribution >= 0.6 is 0 Å². The number of nitrogens with one attached hydrogen (secondary N) is 2. The van der Waals surface area contributed by atoms with E-state index in [0.717, 1.165) is 18.5 Å². The molecular formula is C16H26N2O2S. The number of hydrogen-bond acceptors (Lipinski definition) is 3. The molecule has 2 N–H and O–H groups in total. The SMILES string of the molecule is CCNS(=O)(=O)c1ccccc1NC1CCCCC1CC. The summed E-state index contributed by atoms with van der Waals surface area (Å²) in [5.41, 5.74) is 0.726. The highest BCUT2D eigenvalue weighted by atomic mass is 32.2. The third-order valence-corrected chi connectivity index (χ3v) is 5.89. The van der Waals surface area contributed by atoms with Gasteiger partial charge in [-0.15, -0.1) is 0 Å². The lowest BCUT2D eigenvalue weighted by Crippen LogP contribution is -2.33. The minimum atomic E-state index is -3.43. The van der Waals surface area contributed by atoms with Crippen LogP contribution in [0.15, 0.2) is 29.2 Å². The van der Waals surface area contributed by atoms with Crippen molar-refractivity contribution in [3.05, 3.63) is 24.3 Å². The Kier molecular flexibility index (Phi) is 5.65. The fraction of sp³-hybridized carbons (Fsp3) is 0.625. The predicted octanol–water partition coefficient (Wildman–Crippen LogP) is 3.37. The first-order valence-corrected chi connectivity index (χ1v) is 9.42. The van der Waals surface area contributed by atoms with Crippen molar-refractivity contribution in [2.45, 2.75) is 56.9 Å². The number of benzene rings is 1. The highest BCUT2D eigenvalue weighted by Gasteiger charge is 2.25. The molecule has 4 nitrogen and oxygen atoms in total. The molecule has 0 bridgehead atoms. The zero-order valence-corrected chi connectivity index (χ0v) is 13.7. The molecule has 1 aromatic carbocycles. The normalized spacial score (nSPS) is 23.0. The highest BCUT2D eigenvalue weighted by Crippen LogP contribution is 2.31. The molecule has 0 heterocycles. The standard InChI is InChI=1S/C16H26N2O2S/c1-3-13-9-5-6-10-14(13)18-15-11-7-8-12-16(15)21(19,20)17-4-2/h7-8,11-14,17-18H,3-6,9-10H2,1-2H3. The first-order valence-electron chi connectivity index (χ1n) is 7.93. The van der Waals surface area contributed by atoms with Gasteiger partial charge in [0, 0.05) is 12.6 Å². The molecule has 1 saturated carbocycles. The van der Waals surface area contributed by atoms with Crippen LogP contribution in [0.1, 0.15) is 46.0 Å². The Hall–Kier alpha value is -1.07. The van der Waals surface area contributed by atoms with E-state index in [1.54, 1.807) is 19.1 Å². The van der Waals surface area contributed by atoms with Crippen LogP contribution in [0.5, 0.6) is 0 Å². The largest absolute Gasteiger partial charge is 0.381 e. The molecule has 2 atom stereocenters. The van der Waals surface area contributed by atoms with E-state index in [-0.39, 0.29) is 0 Å². The highest BCUT2D eigenvalue weighted by molar-refractivity contribution is 7.89. The van der Waals surface area contributed by atoms with Crippen molar-refractivity contribution < 1.29 is 8.42 Å². The first-order chi connectivity index (χ1) is 10.1. The van der Waals surface area contributed by atoms with Crippen LogP contribution in [0.25, 0.3) is 0 Å². The predicted molar refractivity (Wildman–Crippen MR) is 87.0 cm³/mol. The third-order valence-electron chi connectivity index (χ3n) is 4.29. The second-order valence-electron chi connectivity index (χ2n) is 5.70.